The van der Waals surface area contributed by atoms with Gasteiger partial charge in [0.25, 0.3) is 0 Å². The van der Waals surface area contributed by atoms with Crippen molar-refractivity contribution in [1.29, 1.82) is 0 Å². The highest BCUT2D eigenvalue weighted by atomic mass is 19.1. The Morgan fingerprint density at radius 3 is 2.68 bits per heavy atom. The average molecular weight is 464 g/mol. The number of carbonyl (C=O) groups is 1. The number of hydrogen-bond acceptors (Lipinski definition) is 6. The van der Waals surface area contributed by atoms with Crippen molar-refractivity contribution in [3.63, 3.8) is 0 Å². The van der Waals surface area contributed by atoms with Crippen molar-refractivity contribution in [3.8, 4) is 17.5 Å². The minimum absolute atomic E-state index is 0.0742. The molecule has 0 aliphatic heterocycles. The molecule has 1 aromatic carbocycles. The summed E-state index contributed by atoms with van der Waals surface area (Å²) in [5.41, 5.74) is 4.53. The van der Waals surface area contributed by atoms with Gasteiger partial charge in [0.05, 0.1) is 12.5 Å². The first-order valence-corrected chi connectivity index (χ1v) is 10.9. The maximum Gasteiger partial charge on any atom is 0.242 e. The van der Waals surface area contributed by atoms with Crippen molar-refractivity contribution in [2.24, 2.45) is 7.05 Å². The minimum Gasteiger partial charge on any atom is -0.479 e. The molecule has 4 rings (SSSR count). The lowest BCUT2D eigenvalue weighted by molar-refractivity contribution is -0.121. The van der Waals surface area contributed by atoms with Crippen molar-refractivity contribution in [2.45, 2.75) is 33.2 Å². The summed E-state index contributed by atoms with van der Waals surface area (Å²) in [4.78, 5) is 21.4. The Bertz CT molecular complexity index is 1330. The number of halogens is 1. The van der Waals surface area contributed by atoms with Crippen LogP contribution >= 0.6 is 0 Å². The van der Waals surface area contributed by atoms with Gasteiger partial charge < -0.3 is 14.8 Å². The molecule has 34 heavy (non-hydrogen) atoms. The number of carbonyl (C=O) groups excluding carboxylic acids is 1. The molecule has 0 saturated carbocycles. The smallest absolute Gasteiger partial charge is 0.242 e. The van der Waals surface area contributed by atoms with Gasteiger partial charge in [0.1, 0.15) is 11.6 Å². The molecule has 9 heteroatoms. The van der Waals surface area contributed by atoms with Gasteiger partial charge in [-0.3, -0.25) is 4.79 Å². The maximum atomic E-state index is 13.1. The number of benzene rings is 1. The largest absolute Gasteiger partial charge is 0.479 e. The molecule has 176 valence electrons. The summed E-state index contributed by atoms with van der Waals surface area (Å²) in [7, 11) is 3.42. The number of hydrogen-bond donors (Lipinski definition) is 1. The lowest BCUT2D eigenvalue weighted by Crippen LogP contribution is -2.23. The lowest BCUT2D eigenvalue weighted by atomic mass is 10.00. The SMILES string of the molecule is COc1nn(C)c2nc(C)c(CCC(=O)NCc3ccnc(Oc4ccc(F)cc4)c3)c(C)c12. The molecule has 0 radical (unpaired) electrons. The summed E-state index contributed by atoms with van der Waals surface area (Å²) >= 11 is 0. The molecule has 3 aromatic heterocycles. The predicted octanol–water partition coefficient (Wildman–Crippen LogP) is 4.17. The molecule has 1 N–H and O–H groups in total. The Labute approximate surface area is 196 Å². The second-order valence-electron chi connectivity index (χ2n) is 7.97. The molecule has 0 bridgehead atoms. The normalized spacial score (nSPS) is 11.0. The van der Waals surface area contributed by atoms with Crippen LogP contribution in [0.1, 0.15) is 28.8 Å². The number of aryl methyl sites for hydroxylation is 3. The number of pyridine rings is 2. The van der Waals surface area contributed by atoms with Gasteiger partial charge in [-0.15, -0.1) is 5.10 Å². The van der Waals surface area contributed by atoms with Crippen LogP contribution in [-0.2, 0) is 24.8 Å². The number of nitrogens with one attached hydrogen (secondary N) is 1. The molecule has 1 amide bonds. The van der Waals surface area contributed by atoms with Gasteiger partial charge in [0, 0.05) is 38.0 Å². The molecular weight excluding hydrogens is 437 g/mol. The molecule has 3 heterocycles. The first-order valence-electron chi connectivity index (χ1n) is 10.9. The van der Waals surface area contributed by atoms with E-state index in [1.54, 1.807) is 30.1 Å². The molecule has 0 aliphatic rings. The molecule has 0 saturated heterocycles. The van der Waals surface area contributed by atoms with Crippen LogP contribution in [0.5, 0.6) is 17.5 Å². The third-order valence-corrected chi connectivity index (χ3v) is 5.64. The number of aromatic nitrogens is 4. The Hall–Kier alpha value is -4.01. The van der Waals surface area contributed by atoms with E-state index < -0.39 is 0 Å². The first kappa shape index (κ1) is 23.2. The van der Waals surface area contributed by atoms with E-state index >= 15 is 0 Å². The van der Waals surface area contributed by atoms with E-state index in [4.69, 9.17) is 9.47 Å². The summed E-state index contributed by atoms with van der Waals surface area (Å²) < 4.78 is 25.8. The Morgan fingerprint density at radius 1 is 1.18 bits per heavy atom. The minimum atomic E-state index is -0.336. The quantitative estimate of drug-likeness (QED) is 0.422. The van der Waals surface area contributed by atoms with Crippen LogP contribution in [-0.4, -0.2) is 32.8 Å². The molecular formula is C25H26FN5O3. The average Bonchev–Trinajstić information content (AvgIpc) is 3.15. The van der Waals surface area contributed by atoms with E-state index in [0.717, 1.165) is 33.4 Å². The highest BCUT2D eigenvalue weighted by molar-refractivity contribution is 5.86. The van der Waals surface area contributed by atoms with Gasteiger partial charge in [0.15, 0.2) is 5.65 Å². The molecule has 0 atom stereocenters. The van der Waals surface area contributed by atoms with Gasteiger partial charge in [-0.05, 0) is 67.3 Å². The van der Waals surface area contributed by atoms with Gasteiger partial charge in [-0.1, -0.05) is 0 Å². The highest BCUT2D eigenvalue weighted by Gasteiger charge is 2.18. The molecule has 4 aromatic rings. The van der Waals surface area contributed by atoms with E-state index in [2.05, 4.69) is 20.4 Å². The number of rotatable bonds is 8. The molecule has 8 nitrogen and oxygen atoms in total. The number of methoxy groups -OCH3 is 1. The van der Waals surface area contributed by atoms with Crippen molar-refractivity contribution >= 4 is 16.9 Å². The van der Waals surface area contributed by atoms with Crippen LogP contribution in [0, 0.1) is 19.7 Å². The summed E-state index contributed by atoms with van der Waals surface area (Å²) in [5.74, 6) is 0.975. The Kier molecular flexibility index (Phi) is 6.72. The fourth-order valence-corrected chi connectivity index (χ4v) is 3.87. The summed E-state index contributed by atoms with van der Waals surface area (Å²) in [5, 5.41) is 8.18. The Morgan fingerprint density at radius 2 is 1.94 bits per heavy atom. The van der Waals surface area contributed by atoms with Crippen molar-refractivity contribution in [1.82, 2.24) is 25.1 Å². The predicted molar refractivity (Wildman–Crippen MR) is 125 cm³/mol. The van der Waals surface area contributed by atoms with E-state index in [-0.39, 0.29) is 11.7 Å². The van der Waals surface area contributed by atoms with Crippen LogP contribution in [0.25, 0.3) is 11.0 Å². The van der Waals surface area contributed by atoms with Gasteiger partial charge in [-0.25, -0.2) is 19.0 Å². The van der Waals surface area contributed by atoms with Crippen molar-refractivity contribution < 1.29 is 18.7 Å². The molecule has 0 fully saturated rings. The third-order valence-electron chi connectivity index (χ3n) is 5.64. The first-order chi connectivity index (χ1) is 16.4. The molecule has 0 unspecified atom stereocenters. The maximum absolute atomic E-state index is 13.1. The van der Waals surface area contributed by atoms with Crippen LogP contribution in [0.15, 0.2) is 42.6 Å². The number of ether oxygens (including phenoxy) is 2. The standard InChI is InChI=1S/C25H26FN5O3/c1-15-20(16(2)29-24-23(15)25(33-4)30-31(24)3)9-10-21(32)28-14-17-11-12-27-22(13-17)34-19-7-5-18(26)6-8-19/h5-8,11-13H,9-10,14H2,1-4H3,(H,28,32). The van der Waals surface area contributed by atoms with Gasteiger partial charge >= 0.3 is 0 Å². The van der Waals surface area contributed by atoms with Crippen molar-refractivity contribution in [3.05, 3.63) is 70.8 Å². The monoisotopic (exact) mass is 463 g/mol. The summed E-state index contributed by atoms with van der Waals surface area (Å²) in [6.45, 7) is 4.29. The molecule has 0 aliphatic carbocycles. The second kappa shape index (κ2) is 9.86. The summed E-state index contributed by atoms with van der Waals surface area (Å²) in [6.07, 6.45) is 2.48. The third kappa shape index (κ3) is 4.98. The van der Waals surface area contributed by atoms with E-state index in [1.807, 2.05) is 20.9 Å². The van der Waals surface area contributed by atoms with Crippen LogP contribution in [0.3, 0.4) is 0 Å². The number of nitrogens with zero attached hydrogens (tertiary/aromatic N) is 4. The topological polar surface area (TPSA) is 91.2 Å². The zero-order chi connectivity index (χ0) is 24.2. The van der Waals surface area contributed by atoms with E-state index in [9.17, 15) is 9.18 Å². The van der Waals surface area contributed by atoms with Crippen molar-refractivity contribution in [2.75, 3.05) is 7.11 Å². The van der Waals surface area contributed by atoms with Crippen LogP contribution in [0.4, 0.5) is 4.39 Å². The fourth-order valence-electron chi connectivity index (χ4n) is 3.87. The number of amides is 1. The van der Waals surface area contributed by atoms with Crippen LogP contribution in [0.2, 0.25) is 0 Å². The summed E-state index contributed by atoms with van der Waals surface area (Å²) in [6, 6.07) is 9.25. The fraction of sp³-hybridized carbons (Fsp3) is 0.280. The van der Waals surface area contributed by atoms with Gasteiger partial charge in [-0.2, -0.15) is 0 Å². The Balaban J connectivity index is 1.38. The lowest BCUT2D eigenvalue weighted by Gasteiger charge is -2.12. The van der Waals surface area contributed by atoms with Crippen LogP contribution < -0.4 is 14.8 Å². The van der Waals surface area contributed by atoms with E-state index in [1.165, 1.54) is 24.3 Å². The molecule has 0 spiro atoms. The second-order valence-corrected chi connectivity index (χ2v) is 7.97. The highest BCUT2D eigenvalue weighted by Crippen LogP contribution is 2.30. The van der Waals surface area contributed by atoms with E-state index in [0.29, 0.717) is 36.9 Å². The zero-order valence-corrected chi connectivity index (χ0v) is 19.6. The number of fused-ring (bicyclic) bond motifs is 1. The zero-order valence-electron chi connectivity index (χ0n) is 19.6. The van der Waals surface area contributed by atoms with Gasteiger partial charge in [0.2, 0.25) is 17.7 Å².